The highest BCUT2D eigenvalue weighted by Gasteiger charge is 2.18. The molecule has 1 atom stereocenters. The summed E-state index contributed by atoms with van der Waals surface area (Å²) in [4.78, 5) is 12.0. The molecule has 1 aromatic heterocycles. The second-order valence-electron chi connectivity index (χ2n) is 5.81. The molecule has 23 heavy (non-hydrogen) atoms. The molecule has 1 aromatic carbocycles. The first-order chi connectivity index (χ1) is 11.3. The summed E-state index contributed by atoms with van der Waals surface area (Å²) in [5.41, 5.74) is 1.65. The number of benzene rings is 1. The minimum atomic E-state index is -0.170. The summed E-state index contributed by atoms with van der Waals surface area (Å²) in [6.45, 7) is 2.11. The molecule has 122 valence electrons. The summed E-state index contributed by atoms with van der Waals surface area (Å²) in [6.07, 6.45) is 5.87. The molecule has 0 bridgehead atoms. The number of carbonyl (C=O) groups is 1. The van der Waals surface area contributed by atoms with Crippen molar-refractivity contribution in [3.63, 3.8) is 0 Å². The number of ether oxygens (including phenoxy) is 1. The van der Waals surface area contributed by atoms with Crippen LogP contribution in [0.5, 0.6) is 0 Å². The summed E-state index contributed by atoms with van der Waals surface area (Å²) in [5.74, 6) is -0.170. The Kier molecular flexibility index (Phi) is 5.37. The van der Waals surface area contributed by atoms with Gasteiger partial charge in [0.1, 0.15) is 0 Å². The van der Waals surface area contributed by atoms with E-state index in [1.54, 1.807) is 10.9 Å². The number of rotatable bonds is 7. The van der Waals surface area contributed by atoms with E-state index in [0.29, 0.717) is 18.8 Å². The Morgan fingerprint density at radius 3 is 3.00 bits per heavy atom. The molecule has 0 radical (unpaired) electrons. The molecule has 2 aromatic rings. The summed E-state index contributed by atoms with van der Waals surface area (Å²) in [6, 6.07) is 10.3. The fourth-order valence-electron chi connectivity index (χ4n) is 2.72. The Morgan fingerprint density at radius 2 is 2.22 bits per heavy atom. The molecule has 1 aliphatic rings. The lowest BCUT2D eigenvalue weighted by atomic mass is 10.1. The third-order valence-corrected chi connectivity index (χ3v) is 3.96. The molecule has 0 saturated carbocycles. The van der Waals surface area contributed by atoms with Crippen molar-refractivity contribution in [2.24, 2.45) is 0 Å². The molecular weight excluding hydrogens is 292 g/mol. The van der Waals surface area contributed by atoms with Gasteiger partial charge in [-0.25, -0.2) is 4.68 Å². The van der Waals surface area contributed by atoms with E-state index in [2.05, 4.69) is 27.8 Å². The maximum atomic E-state index is 12.0. The highest BCUT2D eigenvalue weighted by atomic mass is 16.5. The van der Waals surface area contributed by atoms with Gasteiger partial charge in [0.05, 0.1) is 18.8 Å². The third-order valence-electron chi connectivity index (χ3n) is 3.96. The number of carbonyl (C=O) groups excluding carboxylic acids is 1. The van der Waals surface area contributed by atoms with Gasteiger partial charge < -0.3 is 10.1 Å². The Bertz CT molecular complexity index is 621. The van der Waals surface area contributed by atoms with Crippen LogP contribution in [0.25, 0.3) is 0 Å². The first kappa shape index (κ1) is 15.7. The lowest BCUT2D eigenvalue weighted by Gasteiger charge is -2.07. The zero-order valence-corrected chi connectivity index (χ0v) is 13.1. The first-order valence-electron chi connectivity index (χ1n) is 8.15. The highest BCUT2D eigenvalue weighted by Crippen LogP contribution is 2.13. The molecular formula is C17H22N4O2. The van der Waals surface area contributed by atoms with Crippen molar-refractivity contribution in [2.75, 3.05) is 13.2 Å². The summed E-state index contributed by atoms with van der Waals surface area (Å²) in [7, 11) is 0. The van der Waals surface area contributed by atoms with E-state index >= 15 is 0 Å². The van der Waals surface area contributed by atoms with E-state index < -0.39 is 0 Å². The van der Waals surface area contributed by atoms with Crippen molar-refractivity contribution in [1.82, 2.24) is 20.3 Å². The molecule has 0 spiro atoms. The van der Waals surface area contributed by atoms with Gasteiger partial charge in [0.15, 0.2) is 5.69 Å². The topological polar surface area (TPSA) is 69.0 Å². The smallest absolute Gasteiger partial charge is 0.273 e. The van der Waals surface area contributed by atoms with E-state index in [4.69, 9.17) is 4.74 Å². The lowest BCUT2D eigenvalue weighted by molar-refractivity contribution is 0.0930. The van der Waals surface area contributed by atoms with Crippen molar-refractivity contribution in [3.8, 4) is 0 Å². The number of amides is 1. The van der Waals surface area contributed by atoms with Gasteiger partial charge in [-0.2, -0.15) is 0 Å². The molecule has 2 heterocycles. The maximum Gasteiger partial charge on any atom is 0.273 e. The minimum absolute atomic E-state index is 0.170. The molecule has 0 aliphatic carbocycles. The number of hydrogen-bond acceptors (Lipinski definition) is 4. The summed E-state index contributed by atoms with van der Waals surface area (Å²) < 4.78 is 7.25. The monoisotopic (exact) mass is 314 g/mol. The van der Waals surface area contributed by atoms with Crippen LogP contribution in [-0.2, 0) is 17.7 Å². The van der Waals surface area contributed by atoms with Gasteiger partial charge in [0.25, 0.3) is 5.91 Å². The van der Waals surface area contributed by atoms with Gasteiger partial charge in [-0.3, -0.25) is 4.79 Å². The molecule has 1 N–H and O–H groups in total. The van der Waals surface area contributed by atoms with Crippen molar-refractivity contribution in [1.29, 1.82) is 0 Å². The van der Waals surface area contributed by atoms with Crippen LogP contribution in [0.2, 0.25) is 0 Å². The zero-order valence-electron chi connectivity index (χ0n) is 13.1. The first-order valence-corrected chi connectivity index (χ1v) is 8.15. The summed E-state index contributed by atoms with van der Waals surface area (Å²) in [5, 5.41) is 10.8. The van der Waals surface area contributed by atoms with Crippen molar-refractivity contribution in [3.05, 3.63) is 47.8 Å². The number of aromatic nitrogens is 3. The predicted octanol–water partition coefficient (Wildman–Crippen LogP) is 1.82. The SMILES string of the molecule is O=C(NCCCc1ccccc1)c1cn(CC2CCCO2)nn1. The van der Waals surface area contributed by atoms with Crippen LogP contribution < -0.4 is 5.32 Å². The second kappa shape index (κ2) is 7.87. The zero-order chi connectivity index (χ0) is 15.9. The lowest BCUT2D eigenvalue weighted by Crippen LogP contribution is -2.25. The van der Waals surface area contributed by atoms with E-state index in [-0.39, 0.29) is 12.0 Å². The normalized spacial score (nSPS) is 17.3. The predicted molar refractivity (Wildman–Crippen MR) is 86.1 cm³/mol. The molecule has 1 aliphatic heterocycles. The van der Waals surface area contributed by atoms with Crippen LogP contribution in [0.1, 0.15) is 35.3 Å². The van der Waals surface area contributed by atoms with E-state index in [1.807, 2.05) is 18.2 Å². The Labute approximate surface area is 135 Å². The maximum absolute atomic E-state index is 12.0. The van der Waals surface area contributed by atoms with Crippen LogP contribution in [-0.4, -0.2) is 40.2 Å². The van der Waals surface area contributed by atoms with Gasteiger partial charge in [-0.05, 0) is 31.2 Å². The number of hydrogen-bond donors (Lipinski definition) is 1. The molecule has 1 amide bonds. The third kappa shape index (κ3) is 4.63. The molecule has 1 fully saturated rings. The molecule has 1 unspecified atom stereocenters. The number of nitrogens with one attached hydrogen (secondary N) is 1. The van der Waals surface area contributed by atoms with Gasteiger partial charge in [-0.1, -0.05) is 35.5 Å². The summed E-state index contributed by atoms with van der Waals surface area (Å²) >= 11 is 0. The molecule has 3 rings (SSSR count). The molecule has 6 heteroatoms. The number of aryl methyl sites for hydroxylation is 1. The average molecular weight is 314 g/mol. The van der Waals surface area contributed by atoms with E-state index in [9.17, 15) is 4.79 Å². The van der Waals surface area contributed by atoms with Crippen molar-refractivity contribution < 1.29 is 9.53 Å². The minimum Gasteiger partial charge on any atom is -0.376 e. The van der Waals surface area contributed by atoms with Gasteiger partial charge in [-0.15, -0.1) is 5.10 Å². The van der Waals surface area contributed by atoms with Gasteiger partial charge in [0.2, 0.25) is 0 Å². The van der Waals surface area contributed by atoms with Crippen LogP contribution >= 0.6 is 0 Å². The van der Waals surface area contributed by atoms with Crippen molar-refractivity contribution in [2.45, 2.75) is 38.3 Å². The Morgan fingerprint density at radius 1 is 1.35 bits per heavy atom. The number of nitrogens with zero attached hydrogens (tertiary/aromatic N) is 3. The van der Waals surface area contributed by atoms with Gasteiger partial charge >= 0.3 is 0 Å². The van der Waals surface area contributed by atoms with Crippen LogP contribution in [0.3, 0.4) is 0 Å². The van der Waals surface area contributed by atoms with Crippen molar-refractivity contribution >= 4 is 5.91 Å². The second-order valence-corrected chi connectivity index (χ2v) is 5.81. The van der Waals surface area contributed by atoms with Crippen LogP contribution in [0.15, 0.2) is 36.5 Å². The molecule has 1 saturated heterocycles. The van der Waals surface area contributed by atoms with Crippen LogP contribution in [0.4, 0.5) is 0 Å². The van der Waals surface area contributed by atoms with Gasteiger partial charge in [0, 0.05) is 13.2 Å². The Hall–Kier alpha value is -2.21. The fourth-order valence-corrected chi connectivity index (χ4v) is 2.72. The van der Waals surface area contributed by atoms with Crippen LogP contribution in [0, 0.1) is 0 Å². The average Bonchev–Trinajstić information content (AvgIpc) is 3.25. The largest absolute Gasteiger partial charge is 0.376 e. The van der Waals surface area contributed by atoms with E-state index in [0.717, 1.165) is 32.3 Å². The quantitative estimate of drug-likeness (QED) is 0.792. The standard InChI is InChI=1S/C17H22N4O2/c22-17(18-10-4-8-14-6-2-1-3-7-14)16-13-21(20-19-16)12-15-9-5-11-23-15/h1-3,6-7,13,15H,4-5,8-12H2,(H,18,22). The fraction of sp³-hybridized carbons (Fsp3) is 0.471. The molecule has 6 nitrogen and oxygen atoms in total. The highest BCUT2D eigenvalue weighted by molar-refractivity contribution is 5.91. The Balaban J connectivity index is 1.40. The van der Waals surface area contributed by atoms with E-state index in [1.165, 1.54) is 5.56 Å².